The van der Waals surface area contributed by atoms with Crippen LogP contribution in [-0.4, -0.2) is 5.09 Å². The predicted molar refractivity (Wildman–Crippen MR) is 70.5 cm³/mol. The summed E-state index contributed by atoms with van der Waals surface area (Å²) in [7, 11) is 0. The first-order chi connectivity index (χ1) is 8.22. The zero-order chi connectivity index (χ0) is 14.0. The molecule has 18 heavy (non-hydrogen) atoms. The minimum Gasteiger partial charge on any atom is -0.302 e. The van der Waals surface area contributed by atoms with Crippen LogP contribution in [0.25, 0.3) is 0 Å². The highest BCUT2D eigenvalue weighted by atomic mass is 17.0. The minimum absolute atomic E-state index is 0.0229. The standard InChI is InChI=1S/C14H21NO3/c1-11(2)14(13(3,4)5,18-15(16)17)12-9-7-6-8-10-12/h6-11H,1-5H3. The Morgan fingerprint density at radius 1 is 1.17 bits per heavy atom. The van der Waals surface area contributed by atoms with Gasteiger partial charge in [-0.05, 0) is 16.9 Å². The number of hydrogen-bond donors (Lipinski definition) is 0. The molecule has 4 nitrogen and oxygen atoms in total. The number of rotatable bonds is 4. The Hall–Kier alpha value is -1.58. The van der Waals surface area contributed by atoms with E-state index < -0.39 is 16.1 Å². The molecule has 0 heterocycles. The largest absolute Gasteiger partial charge is 0.302 e. The second kappa shape index (κ2) is 4.96. The van der Waals surface area contributed by atoms with Gasteiger partial charge in [-0.25, -0.2) is 0 Å². The molecule has 1 unspecified atom stereocenters. The van der Waals surface area contributed by atoms with Crippen LogP contribution >= 0.6 is 0 Å². The smallest absolute Gasteiger partial charge is 0.295 e. The molecule has 0 aliphatic heterocycles. The second-order valence-corrected chi connectivity index (χ2v) is 5.82. The molecule has 0 saturated carbocycles. The molecular formula is C14H21NO3. The molecular weight excluding hydrogens is 230 g/mol. The monoisotopic (exact) mass is 251 g/mol. The third kappa shape index (κ3) is 2.47. The van der Waals surface area contributed by atoms with Gasteiger partial charge in [0.2, 0.25) is 0 Å². The topological polar surface area (TPSA) is 52.4 Å². The quantitative estimate of drug-likeness (QED) is 0.604. The van der Waals surface area contributed by atoms with Gasteiger partial charge in [-0.15, -0.1) is 10.1 Å². The summed E-state index contributed by atoms with van der Waals surface area (Å²) in [6.45, 7) is 9.78. The Morgan fingerprint density at radius 3 is 2.00 bits per heavy atom. The van der Waals surface area contributed by atoms with Crippen LogP contribution in [0.1, 0.15) is 40.2 Å². The van der Waals surface area contributed by atoms with Gasteiger partial charge in [0.25, 0.3) is 5.09 Å². The van der Waals surface area contributed by atoms with Crippen molar-refractivity contribution in [3.63, 3.8) is 0 Å². The highest BCUT2D eigenvalue weighted by molar-refractivity contribution is 5.25. The maximum Gasteiger partial charge on any atom is 0.295 e. The molecule has 1 aromatic rings. The summed E-state index contributed by atoms with van der Waals surface area (Å²) >= 11 is 0. The van der Waals surface area contributed by atoms with Gasteiger partial charge in [0.05, 0.1) is 0 Å². The van der Waals surface area contributed by atoms with Crippen molar-refractivity contribution in [3.8, 4) is 0 Å². The fraction of sp³-hybridized carbons (Fsp3) is 0.571. The van der Waals surface area contributed by atoms with Crippen LogP contribution in [0.4, 0.5) is 0 Å². The Balaban J connectivity index is 3.44. The SMILES string of the molecule is CC(C)C(O[N+](=O)[O-])(c1ccccc1)C(C)(C)C. The summed E-state index contributed by atoms with van der Waals surface area (Å²) in [6.07, 6.45) is 0. The van der Waals surface area contributed by atoms with Crippen molar-refractivity contribution >= 4 is 0 Å². The minimum atomic E-state index is -0.947. The van der Waals surface area contributed by atoms with Crippen molar-refractivity contribution < 1.29 is 9.92 Å². The average molecular weight is 251 g/mol. The highest BCUT2D eigenvalue weighted by Crippen LogP contribution is 2.48. The highest BCUT2D eigenvalue weighted by Gasteiger charge is 2.49. The predicted octanol–water partition coefficient (Wildman–Crippen LogP) is 3.79. The van der Waals surface area contributed by atoms with E-state index in [0.29, 0.717) is 0 Å². The molecule has 0 aliphatic carbocycles. The van der Waals surface area contributed by atoms with Crippen LogP contribution in [-0.2, 0) is 10.4 Å². The van der Waals surface area contributed by atoms with E-state index in [1.807, 2.05) is 65.0 Å². The molecule has 100 valence electrons. The summed E-state index contributed by atoms with van der Waals surface area (Å²) in [6, 6.07) is 9.41. The third-order valence-electron chi connectivity index (χ3n) is 3.35. The van der Waals surface area contributed by atoms with E-state index in [1.54, 1.807) is 0 Å². The molecule has 0 amide bonds. The molecule has 0 fully saturated rings. The molecule has 1 atom stereocenters. The fourth-order valence-corrected chi connectivity index (χ4v) is 2.73. The summed E-state index contributed by atoms with van der Waals surface area (Å²) in [4.78, 5) is 16.1. The van der Waals surface area contributed by atoms with Crippen LogP contribution in [0.5, 0.6) is 0 Å². The van der Waals surface area contributed by atoms with Gasteiger partial charge in [-0.2, -0.15) is 0 Å². The van der Waals surface area contributed by atoms with E-state index >= 15 is 0 Å². The van der Waals surface area contributed by atoms with E-state index in [4.69, 9.17) is 4.84 Å². The number of hydrogen-bond acceptors (Lipinski definition) is 3. The van der Waals surface area contributed by atoms with Gasteiger partial charge in [-0.3, -0.25) is 0 Å². The summed E-state index contributed by atoms with van der Waals surface area (Å²) < 4.78 is 0. The average Bonchev–Trinajstić information content (AvgIpc) is 2.24. The van der Waals surface area contributed by atoms with E-state index in [9.17, 15) is 10.1 Å². The van der Waals surface area contributed by atoms with Crippen LogP contribution in [0.3, 0.4) is 0 Å². The Morgan fingerprint density at radius 2 is 1.67 bits per heavy atom. The lowest BCUT2D eigenvalue weighted by Crippen LogP contribution is -2.48. The maximum atomic E-state index is 10.9. The lowest BCUT2D eigenvalue weighted by atomic mass is 9.66. The molecule has 0 saturated heterocycles. The van der Waals surface area contributed by atoms with E-state index in [0.717, 1.165) is 5.56 Å². The Kier molecular flexibility index (Phi) is 3.99. The second-order valence-electron chi connectivity index (χ2n) is 5.82. The van der Waals surface area contributed by atoms with Gasteiger partial charge in [0.15, 0.2) is 0 Å². The fourth-order valence-electron chi connectivity index (χ4n) is 2.73. The van der Waals surface area contributed by atoms with Crippen molar-refractivity contribution in [1.82, 2.24) is 0 Å². The summed E-state index contributed by atoms with van der Waals surface area (Å²) in [5, 5.41) is 10.2. The normalized spacial score (nSPS) is 15.2. The maximum absolute atomic E-state index is 10.9. The molecule has 0 aliphatic rings. The van der Waals surface area contributed by atoms with Gasteiger partial charge in [-0.1, -0.05) is 65.0 Å². The Bertz CT molecular complexity index is 409. The lowest BCUT2D eigenvalue weighted by molar-refractivity contribution is -0.792. The molecule has 4 heteroatoms. The molecule has 0 N–H and O–H groups in total. The van der Waals surface area contributed by atoms with Crippen LogP contribution in [0.2, 0.25) is 0 Å². The lowest BCUT2D eigenvalue weighted by Gasteiger charge is -2.46. The molecule has 0 aromatic heterocycles. The van der Waals surface area contributed by atoms with Crippen LogP contribution < -0.4 is 0 Å². The van der Waals surface area contributed by atoms with E-state index in [2.05, 4.69) is 0 Å². The molecule has 1 aromatic carbocycles. The first-order valence-corrected chi connectivity index (χ1v) is 6.11. The third-order valence-corrected chi connectivity index (χ3v) is 3.35. The zero-order valence-corrected chi connectivity index (χ0v) is 11.6. The number of nitrogens with zero attached hydrogens (tertiary/aromatic N) is 1. The van der Waals surface area contributed by atoms with E-state index in [-0.39, 0.29) is 5.92 Å². The van der Waals surface area contributed by atoms with Crippen LogP contribution in [0, 0.1) is 21.4 Å². The van der Waals surface area contributed by atoms with Gasteiger partial charge in [0.1, 0.15) is 5.60 Å². The van der Waals surface area contributed by atoms with Gasteiger partial charge >= 0.3 is 0 Å². The van der Waals surface area contributed by atoms with Crippen LogP contribution in [0.15, 0.2) is 30.3 Å². The summed E-state index contributed by atoms with van der Waals surface area (Å²) in [5.41, 5.74) is -0.503. The van der Waals surface area contributed by atoms with Crippen molar-refractivity contribution in [3.05, 3.63) is 46.0 Å². The van der Waals surface area contributed by atoms with Crippen molar-refractivity contribution in [2.75, 3.05) is 0 Å². The Labute approximate surface area is 108 Å². The molecule has 0 bridgehead atoms. The van der Waals surface area contributed by atoms with Gasteiger partial charge < -0.3 is 4.84 Å². The zero-order valence-electron chi connectivity index (χ0n) is 11.6. The summed E-state index contributed by atoms with van der Waals surface area (Å²) in [5.74, 6) is -0.0229. The van der Waals surface area contributed by atoms with Crippen molar-refractivity contribution in [2.45, 2.75) is 40.2 Å². The number of benzene rings is 1. The van der Waals surface area contributed by atoms with Crippen molar-refractivity contribution in [1.29, 1.82) is 0 Å². The molecule has 0 radical (unpaired) electrons. The first-order valence-electron chi connectivity index (χ1n) is 6.11. The van der Waals surface area contributed by atoms with Gasteiger partial charge in [0, 0.05) is 0 Å². The molecule has 0 spiro atoms. The van der Waals surface area contributed by atoms with Crippen molar-refractivity contribution in [2.24, 2.45) is 11.3 Å². The molecule has 1 rings (SSSR count). The first kappa shape index (κ1) is 14.5. The van der Waals surface area contributed by atoms with E-state index in [1.165, 1.54) is 0 Å².